The first kappa shape index (κ1) is 24.5. The van der Waals surface area contributed by atoms with Gasteiger partial charge in [-0.25, -0.2) is 13.2 Å². The molecule has 1 amide bonds. The minimum absolute atomic E-state index is 0.130. The zero-order valence-electron chi connectivity index (χ0n) is 21.1. The van der Waals surface area contributed by atoms with E-state index in [9.17, 15) is 18.0 Å². The molecule has 0 radical (unpaired) electrons. The third-order valence-electron chi connectivity index (χ3n) is 7.32. The van der Waals surface area contributed by atoms with E-state index < -0.39 is 17.5 Å². The summed E-state index contributed by atoms with van der Waals surface area (Å²) in [5.41, 5.74) is 3.19. The van der Waals surface area contributed by atoms with E-state index in [-0.39, 0.29) is 29.2 Å². The number of hydrogen-bond donors (Lipinski definition) is 0. The number of hydrogen-bond acceptors (Lipinski definition) is 4. The normalized spacial score (nSPS) is 20.8. The van der Waals surface area contributed by atoms with Crippen LogP contribution in [0.15, 0.2) is 18.3 Å². The lowest BCUT2D eigenvalue weighted by molar-refractivity contribution is -0.0664. The van der Waals surface area contributed by atoms with Crippen molar-refractivity contribution in [3.8, 4) is 11.3 Å². The van der Waals surface area contributed by atoms with Gasteiger partial charge in [0.25, 0.3) is 5.91 Å². The Morgan fingerprint density at radius 3 is 2.50 bits per heavy atom. The number of benzene rings is 1. The van der Waals surface area contributed by atoms with Crippen LogP contribution in [0.3, 0.4) is 0 Å². The van der Waals surface area contributed by atoms with Gasteiger partial charge in [-0.05, 0) is 45.2 Å². The fraction of sp³-hybridized carbons (Fsp3) is 0.500. The van der Waals surface area contributed by atoms with Gasteiger partial charge in [0.05, 0.1) is 53.6 Å². The maximum Gasteiger partial charge on any atom is 0.258 e. The van der Waals surface area contributed by atoms with Gasteiger partial charge in [-0.1, -0.05) is 13.8 Å². The van der Waals surface area contributed by atoms with Gasteiger partial charge >= 0.3 is 0 Å². The molecule has 7 nitrogen and oxygen atoms in total. The number of halogens is 3. The lowest BCUT2D eigenvalue weighted by Gasteiger charge is -2.41. The maximum atomic E-state index is 14.1. The lowest BCUT2D eigenvalue weighted by atomic mass is 9.87. The standard InChI is InChI=1S/C26H30F3N5O2/c1-6-15-10-16-23(31-32(5)24(16)14-8-18(27)22(29)19(28)9-14)20(7-2)34(15)25(35)17-11-30-33-13-26(3,4)36-12-21(17)33/h8-9,11,15,20H,6-7,10,12-13H2,1-5H3. The van der Waals surface area contributed by atoms with E-state index in [0.29, 0.717) is 49.4 Å². The molecular formula is C26H30F3N5O2. The van der Waals surface area contributed by atoms with E-state index in [1.54, 1.807) is 17.9 Å². The highest BCUT2D eigenvalue weighted by Crippen LogP contribution is 2.42. The Kier molecular flexibility index (Phi) is 5.97. The first-order valence-electron chi connectivity index (χ1n) is 12.3. The Labute approximate surface area is 207 Å². The van der Waals surface area contributed by atoms with Crippen LogP contribution in [0, 0.1) is 17.5 Å². The first-order chi connectivity index (χ1) is 17.1. The van der Waals surface area contributed by atoms with Gasteiger partial charge in [-0.3, -0.25) is 14.2 Å². The van der Waals surface area contributed by atoms with Crippen molar-refractivity contribution in [1.29, 1.82) is 0 Å². The molecule has 1 aromatic carbocycles. The number of carbonyl (C=O) groups excluding carboxylic acids is 1. The van der Waals surface area contributed by atoms with Crippen molar-refractivity contribution in [2.45, 2.75) is 77.8 Å². The molecule has 2 aliphatic rings. The summed E-state index contributed by atoms with van der Waals surface area (Å²) in [6, 6.07) is 1.49. The largest absolute Gasteiger partial charge is 0.367 e. The molecule has 192 valence electrons. The van der Waals surface area contributed by atoms with E-state index in [4.69, 9.17) is 4.74 Å². The van der Waals surface area contributed by atoms with Crippen molar-refractivity contribution in [2.24, 2.45) is 7.05 Å². The number of aromatic nitrogens is 4. The van der Waals surface area contributed by atoms with Gasteiger partial charge in [0, 0.05) is 24.2 Å². The zero-order chi connectivity index (χ0) is 25.9. The highest BCUT2D eigenvalue weighted by atomic mass is 19.2. The second-order valence-electron chi connectivity index (χ2n) is 10.2. The minimum Gasteiger partial charge on any atom is -0.367 e. The quantitative estimate of drug-likeness (QED) is 0.475. The molecule has 0 aliphatic carbocycles. The van der Waals surface area contributed by atoms with Crippen molar-refractivity contribution in [3.63, 3.8) is 0 Å². The summed E-state index contributed by atoms with van der Waals surface area (Å²) in [6.45, 7) is 8.83. The molecule has 2 aliphatic heterocycles. The van der Waals surface area contributed by atoms with Crippen LogP contribution in [0.1, 0.15) is 73.9 Å². The highest BCUT2D eigenvalue weighted by molar-refractivity contribution is 5.96. The van der Waals surface area contributed by atoms with Gasteiger partial charge in [0.2, 0.25) is 0 Å². The van der Waals surface area contributed by atoms with E-state index in [1.165, 1.54) is 0 Å². The number of carbonyl (C=O) groups is 1. The fourth-order valence-electron chi connectivity index (χ4n) is 5.56. The second-order valence-corrected chi connectivity index (χ2v) is 10.2. The molecule has 0 spiro atoms. The average Bonchev–Trinajstić information content (AvgIpc) is 3.39. The van der Waals surface area contributed by atoms with E-state index in [2.05, 4.69) is 10.2 Å². The molecule has 36 heavy (non-hydrogen) atoms. The number of aryl methyl sites for hydroxylation is 1. The third-order valence-corrected chi connectivity index (χ3v) is 7.32. The first-order valence-corrected chi connectivity index (χ1v) is 12.3. The summed E-state index contributed by atoms with van der Waals surface area (Å²) < 4.78 is 51.1. The van der Waals surface area contributed by atoms with Crippen LogP contribution in [-0.2, 0) is 31.4 Å². The third kappa shape index (κ3) is 3.82. The summed E-state index contributed by atoms with van der Waals surface area (Å²) in [5.74, 6) is -4.12. The van der Waals surface area contributed by atoms with Crippen LogP contribution >= 0.6 is 0 Å². The van der Waals surface area contributed by atoms with Gasteiger partial charge in [0.15, 0.2) is 17.5 Å². The maximum absolute atomic E-state index is 14.1. The number of ether oxygens (including phenoxy) is 1. The molecule has 0 saturated heterocycles. The average molecular weight is 502 g/mol. The molecule has 0 saturated carbocycles. The molecule has 2 unspecified atom stereocenters. The summed E-state index contributed by atoms with van der Waals surface area (Å²) >= 11 is 0. The van der Waals surface area contributed by atoms with Gasteiger partial charge < -0.3 is 9.64 Å². The zero-order valence-corrected chi connectivity index (χ0v) is 21.1. The molecule has 0 bridgehead atoms. The van der Waals surface area contributed by atoms with E-state index in [0.717, 1.165) is 23.4 Å². The Balaban J connectivity index is 1.57. The predicted molar refractivity (Wildman–Crippen MR) is 127 cm³/mol. The molecule has 2 atom stereocenters. The van der Waals surface area contributed by atoms with Gasteiger partial charge in [0.1, 0.15) is 0 Å². The Hall–Kier alpha value is -3.14. The summed E-state index contributed by atoms with van der Waals surface area (Å²) in [5, 5.41) is 9.15. The molecule has 5 rings (SSSR count). The van der Waals surface area contributed by atoms with E-state index in [1.807, 2.05) is 37.3 Å². The second kappa shape index (κ2) is 8.76. The SMILES string of the molecule is CCC1Cc2c(nn(C)c2-c2cc(F)c(F)c(F)c2)C(CC)N1C(=O)c1cnn2c1COC(C)(C)C2. The van der Waals surface area contributed by atoms with Crippen molar-refractivity contribution in [2.75, 3.05) is 0 Å². The highest BCUT2D eigenvalue weighted by Gasteiger charge is 2.42. The fourth-order valence-corrected chi connectivity index (χ4v) is 5.56. The van der Waals surface area contributed by atoms with E-state index >= 15 is 0 Å². The minimum atomic E-state index is -1.50. The molecule has 4 heterocycles. The summed E-state index contributed by atoms with van der Waals surface area (Å²) in [7, 11) is 1.69. The van der Waals surface area contributed by atoms with Crippen molar-refractivity contribution in [1.82, 2.24) is 24.5 Å². The molecule has 3 aromatic rings. The molecular weight excluding hydrogens is 471 g/mol. The van der Waals surface area contributed by atoms with Crippen LogP contribution in [0.5, 0.6) is 0 Å². The molecule has 2 aromatic heterocycles. The van der Waals surface area contributed by atoms with Crippen LogP contribution in [-0.4, -0.2) is 42.0 Å². The Morgan fingerprint density at radius 2 is 1.86 bits per heavy atom. The van der Waals surface area contributed by atoms with Crippen molar-refractivity contribution < 1.29 is 22.7 Å². The number of amides is 1. The number of rotatable bonds is 4. The van der Waals surface area contributed by atoms with Crippen LogP contribution in [0.25, 0.3) is 11.3 Å². The Bertz CT molecular complexity index is 1320. The van der Waals surface area contributed by atoms with Crippen molar-refractivity contribution in [3.05, 3.63) is 58.3 Å². The van der Waals surface area contributed by atoms with Crippen LogP contribution in [0.4, 0.5) is 13.2 Å². The van der Waals surface area contributed by atoms with Gasteiger partial charge in [-0.15, -0.1) is 0 Å². The number of fused-ring (bicyclic) bond motifs is 2. The van der Waals surface area contributed by atoms with Gasteiger partial charge in [-0.2, -0.15) is 10.2 Å². The molecule has 0 fully saturated rings. The predicted octanol–water partition coefficient (Wildman–Crippen LogP) is 4.94. The molecule has 0 N–H and O–H groups in total. The summed E-state index contributed by atoms with van der Waals surface area (Å²) in [4.78, 5) is 15.9. The Morgan fingerprint density at radius 1 is 1.17 bits per heavy atom. The summed E-state index contributed by atoms with van der Waals surface area (Å²) in [6.07, 6.45) is 3.36. The number of nitrogens with zero attached hydrogens (tertiary/aromatic N) is 5. The topological polar surface area (TPSA) is 65.2 Å². The smallest absolute Gasteiger partial charge is 0.258 e. The molecule has 10 heteroatoms. The monoisotopic (exact) mass is 501 g/mol. The van der Waals surface area contributed by atoms with Crippen LogP contribution in [0.2, 0.25) is 0 Å². The lowest BCUT2D eigenvalue weighted by Crippen LogP contribution is -2.47. The van der Waals surface area contributed by atoms with Crippen LogP contribution < -0.4 is 0 Å². The van der Waals surface area contributed by atoms with Crippen molar-refractivity contribution >= 4 is 5.91 Å².